The van der Waals surface area contributed by atoms with Gasteiger partial charge in [0.1, 0.15) is 5.75 Å². The normalized spacial score (nSPS) is 11.6. The van der Waals surface area contributed by atoms with Gasteiger partial charge in [-0.2, -0.15) is 0 Å². The number of carbonyl (C=O) groups is 2. The Labute approximate surface area is 151 Å². The van der Waals surface area contributed by atoms with Crippen LogP contribution >= 0.6 is 11.8 Å². The van der Waals surface area contributed by atoms with E-state index in [0.29, 0.717) is 11.5 Å². The molecule has 0 heterocycles. The van der Waals surface area contributed by atoms with Crippen molar-refractivity contribution in [1.29, 1.82) is 0 Å². The first kappa shape index (κ1) is 18.9. The number of rotatable bonds is 8. The minimum atomic E-state index is -1.02. The van der Waals surface area contributed by atoms with Gasteiger partial charge < -0.3 is 15.2 Å². The zero-order valence-electron chi connectivity index (χ0n) is 14.2. The highest BCUT2D eigenvalue weighted by Crippen LogP contribution is 2.20. The van der Waals surface area contributed by atoms with E-state index in [2.05, 4.69) is 5.32 Å². The molecule has 2 aromatic carbocycles. The van der Waals surface area contributed by atoms with Gasteiger partial charge in [-0.15, -0.1) is 11.8 Å². The van der Waals surface area contributed by atoms with Crippen molar-refractivity contribution in [3.05, 3.63) is 59.7 Å². The second-order valence-electron chi connectivity index (χ2n) is 5.64. The van der Waals surface area contributed by atoms with Crippen LogP contribution in [0.4, 0.5) is 0 Å². The smallest absolute Gasteiger partial charge is 0.341 e. The Morgan fingerprint density at radius 3 is 2.36 bits per heavy atom. The number of nitrogens with one attached hydrogen (secondary N) is 1. The van der Waals surface area contributed by atoms with E-state index in [9.17, 15) is 9.59 Å². The van der Waals surface area contributed by atoms with Gasteiger partial charge in [0.2, 0.25) is 5.91 Å². The molecular weight excluding hydrogens is 338 g/mol. The largest absolute Gasteiger partial charge is 0.482 e. The van der Waals surface area contributed by atoms with Gasteiger partial charge in [0.15, 0.2) is 6.61 Å². The highest BCUT2D eigenvalue weighted by atomic mass is 32.2. The van der Waals surface area contributed by atoms with Gasteiger partial charge in [-0.1, -0.05) is 29.8 Å². The first-order valence-electron chi connectivity index (χ1n) is 7.87. The summed E-state index contributed by atoms with van der Waals surface area (Å²) in [5.74, 6) is -0.215. The fourth-order valence-corrected chi connectivity index (χ4v) is 2.86. The number of thioether (sulfide) groups is 1. The SMILES string of the molecule is Cc1ccc(SCC(=O)NC(C)c2ccc(OCC(=O)O)cc2)cc1. The third-order valence-electron chi connectivity index (χ3n) is 3.51. The predicted molar refractivity (Wildman–Crippen MR) is 98.0 cm³/mol. The topological polar surface area (TPSA) is 75.6 Å². The van der Waals surface area contributed by atoms with Gasteiger partial charge in [0, 0.05) is 4.90 Å². The van der Waals surface area contributed by atoms with Gasteiger partial charge in [-0.3, -0.25) is 4.79 Å². The van der Waals surface area contributed by atoms with Gasteiger partial charge in [0.05, 0.1) is 11.8 Å². The Morgan fingerprint density at radius 2 is 1.76 bits per heavy atom. The van der Waals surface area contributed by atoms with Crippen LogP contribution in [-0.2, 0) is 9.59 Å². The lowest BCUT2D eigenvalue weighted by Gasteiger charge is -2.15. The van der Waals surface area contributed by atoms with Crippen LogP contribution in [0.25, 0.3) is 0 Å². The molecule has 0 spiro atoms. The Bertz CT molecular complexity index is 713. The van der Waals surface area contributed by atoms with Crippen molar-refractivity contribution in [3.8, 4) is 5.75 Å². The van der Waals surface area contributed by atoms with E-state index in [1.807, 2.05) is 50.2 Å². The second kappa shape index (κ2) is 9.13. The number of carboxylic acids is 1. The van der Waals surface area contributed by atoms with E-state index >= 15 is 0 Å². The Balaban J connectivity index is 1.81. The average molecular weight is 359 g/mol. The summed E-state index contributed by atoms with van der Waals surface area (Å²) < 4.78 is 5.09. The van der Waals surface area contributed by atoms with Crippen molar-refractivity contribution < 1.29 is 19.4 Å². The molecule has 132 valence electrons. The minimum Gasteiger partial charge on any atom is -0.482 e. The average Bonchev–Trinajstić information content (AvgIpc) is 2.60. The quantitative estimate of drug-likeness (QED) is 0.706. The molecule has 1 amide bonds. The van der Waals surface area contributed by atoms with Crippen LogP contribution in [-0.4, -0.2) is 29.3 Å². The first-order valence-corrected chi connectivity index (χ1v) is 8.86. The molecule has 25 heavy (non-hydrogen) atoms. The molecule has 1 atom stereocenters. The van der Waals surface area contributed by atoms with Gasteiger partial charge in [-0.25, -0.2) is 4.79 Å². The van der Waals surface area contributed by atoms with Gasteiger partial charge in [-0.05, 0) is 43.7 Å². The number of hydrogen-bond donors (Lipinski definition) is 2. The number of aryl methyl sites for hydroxylation is 1. The molecule has 0 radical (unpaired) electrons. The zero-order valence-corrected chi connectivity index (χ0v) is 15.0. The standard InChI is InChI=1S/C19H21NO4S/c1-13-3-9-17(10-4-13)25-12-18(21)20-14(2)15-5-7-16(8-6-15)24-11-19(22)23/h3-10,14H,11-12H2,1-2H3,(H,20,21)(H,22,23). The molecule has 0 aliphatic carbocycles. The van der Waals surface area contributed by atoms with Crippen molar-refractivity contribution in [2.45, 2.75) is 24.8 Å². The molecular formula is C19H21NO4S. The van der Waals surface area contributed by atoms with Gasteiger partial charge in [0.25, 0.3) is 0 Å². The van der Waals surface area contributed by atoms with Crippen molar-refractivity contribution >= 4 is 23.6 Å². The molecule has 2 aromatic rings. The molecule has 0 fully saturated rings. The number of carboxylic acid groups (broad SMARTS) is 1. The predicted octanol–water partition coefficient (Wildman–Crippen LogP) is 3.43. The molecule has 1 unspecified atom stereocenters. The van der Waals surface area contributed by atoms with Crippen LogP contribution in [0.5, 0.6) is 5.75 Å². The van der Waals surface area contributed by atoms with Crippen molar-refractivity contribution in [2.24, 2.45) is 0 Å². The van der Waals surface area contributed by atoms with Crippen LogP contribution in [0, 0.1) is 6.92 Å². The molecule has 0 aliphatic rings. The van der Waals surface area contributed by atoms with Crippen LogP contribution < -0.4 is 10.1 Å². The third kappa shape index (κ3) is 6.51. The molecule has 6 heteroatoms. The Hall–Kier alpha value is -2.47. The number of carbonyl (C=O) groups excluding carboxylic acids is 1. The number of aliphatic carboxylic acids is 1. The molecule has 0 bridgehead atoms. The van der Waals surface area contributed by atoms with Crippen molar-refractivity contribution in [1.82, 2.24) is 5.32 Å². The summed E-state index contributed by atoms with van der Waals surface area (Å²) in [6.45, 7) is 3.56. The number of hydrogen-bond acceptors (Lipinski definition) is 4. The highest BCUT2D eigenvalue weighted by molar-refractivity contribution is 8.00. The van der Waals surface area contributed by atoms with Crippen LogP contribution in [0.1, 0.15) is 24.1 Å². The van der Waals surface area contributed by atoms with Crippen LogP contribution in [0.2, 0.25) is 0 Å². The molecule has 5 nitrogen and oxygen atoms in total. The molecule has 2 rings (SSSR count). The van der Waals surface area contributed by atoms with Crippen molar-refractivity contribution in [3.63, 3.8) is 0 Å². The van der Waals surface area contributed by atoms with E-state index < -0.39 is 5.97 Å². The maximum absolute atomic E-state index is 12.1. The lowest BCUT2D eigenvalue weighted by molar-refractivity contribution is -0.139. The Kier molecular flexibility index (Phi) is 6.89. The minimum absolute atomic E-state index is 0.0377. The summed E-state index contributed by atoms with van der Waals surface area (Å²) in [4.78, 5) is 23.6. The number of ether oxygens (including phenoxy) is 1. The van der Waals surface area contributed by atoms with E-state index in [-0.39, 0.29) is 18.6 Å². The van der Waals surface area contributed by atoms with Crippen molar-refractivity contribution in [2.75, 3.05) is 12.4 Å². The fraction of sp³-hybridized carbons (Fsp3) is 0.263. The maximum Gasteiger partial charge on any atom is 0.341 e. The molecule has 0 saturated heterocycles. The van der Waals surface area contributed by atoms with Crippen LogP contribution in [0.3, 0.4) is 0 Å². The summed E-state index contributed by atoms with van der Waals surface area (Å²) in [6, 6.07) is 14.9. The zero-order chi connectivity index (χ0) is 18.2. The lowest BCUT2D eigenvalue weighted by Crippen LogP contribution is -2.28. The summed E-state index contributed by atoms with van der Waals surface area (Å²) in [7, 11) is 0. The number of amides is 1. The molecule has 2 N–H and O–H groups in total. The third-order valence-corrected chi connectivity index (χ3v) is 4.52. The second-order valence-corrected chi connectivity index (χ2v) is 6.69. The van der Waals surface area contributed by atoms with E-state index in [1.165, 1.54) is 17.3 Å². The fourth-order valence-electron chi connectivity index (χ4n) is 2.15. The number of benzene rings is 2. The first-order chi connectivity index (χ1) is 11.9. The Morgan fingerprint density at radius 1 is 1.12 bits per heavy atom. The van der Waals surface area contributed by atoms with Gasteiger partial charge >= 0.3 is 5.97 Å². The molecule has 0 aromatic heterocycles. The highest BCUT2D eigenvalue weighted by Gasteiger charge is 2.10. The van der Waals surface area contributed by atoms with Crippen LogP contribution in [0.15, 0.2) is 53.4 Å². The molecule has 0 aliphatic heterocycles. The maximum atomic E-state index is 12.1. The lowest BCUT2D eigenvalue weighted by atomic mass is 10.1. The van der Waals surface area contributed by atoms with E-state index in [4.69, 9.17) is 9.84 Å². The molecule has 0 saturated carbocycles. The summed E-state index contributed by atoms with van der Waals surface area (Å²) in [5.41, 5.74) is 2.12. The monoisotopic (exact) mass is 359 g/mol. The van der Waals surface area contributed by atoms with E-state index in [1.54, 1.807) is 12.1 Å². The summed E-state index contributed by atoms with van der Waals surface area (Å²) in [6.07, 6.45) is 0. The summed E-state index contributed by atoms with van der Waals surface area (Å²) >= 11 is 1.50. The summed E-state index contributed by atoms with van der Waals surface area (Å²) in [5, 5.41) is 11.5. The van der Waals surface area contributed by atoms with E-state index in [0.717, 1.165) is 10.5 Å².